The summed E-state index contributed by atoms with van der Waals surface area (Å²) < 4.78 is 46.1. The number of amides is 1. The molecule has 1 atom stereocenters. The lowest BCUT2D eigenvalue weighted by molar-refractivity contribution is -0.134. The van der Waals surface area contributed by atoms with Crippen molar-refractivity contribution in [3.05, 3.63) is 59.9 Å². The number of rotatable bonds is 7. The van der Waals surface area contributed by atoms with Crippen LogP contribution >= 0.6 is 0 Å². The van der Waals surface area contributed by atoms with Gasteiger partial charge in [0.15, 0.2) is 0 Å². The van der Waals surface area contributed by atoms with E-state index in [1.165, 1.54) is 25.1 Å². The number of piperazine rings is 1. The first-order valence-corrected chi connectivity index (χ1v) is 11.2. The molecule has 0 saturated carbocycles. The van der Waals surface area contributed by atoms with E-state index in [4.69, 9.17) is 4.74 Å². The van der Waals surface area contributed by atoms with Crippen molar-refractivity contribution in [1.82, 2.24) is 14.5 Å². The van der Waals surface area contributed by atoms with Gasteiger partial charge in [-0.3, -0.25) is 9.69 Å². The minimum Gasteiger partial charge on any atom is -0.497 e. The van der Waals surface area contributed by atoms with Crippen LogP contribution in [0.25, 0.3) is 0 Å². The van der Waals surface area contributed by atoms with Gasteiger partial charge in [0.25, 0.3) is 0 Å². The molecule has 1 fully saturated rings. The molecule has 1 aliphatic rings. The Balaban J connectivity index is 1.53. The lowest BCUT2D eigenvalue weighted by Gasteiger charge is -2.36. The summed E-state index contributed by atoms with van der Waals surface area (Å²) in [5.41, 5.74) is 1.15. The number of hydrogen-bond acceptors (Lipinski definition) is 5. The minimum atomic E-state index is -4.12. The van der Waals surface area contributed by atoms with Crippen molar-refractivity contribution in [2.45, 2.75) is 24.4 Å². The van der Waals surface area contributed by atoms with Crippen LogP contribution in [-0.2, 0) is 21.4 Å². The summed E-state index contributed by atoms with van der Waals surface area (Å²) >= 11 is 0. The van der Waals surface area contributed by atoms with Crippen molar-refractivity contribution in [2.24, 2.45) is 0 Å². The minimum absolute atomic E-state index is 0.320. The Morgan fingerprint density at radius 1 is 1.10 bits per heavy atom. The van der Waals surface area contributed by atoms with Crippen molar-refractivity contribution in [2.75, 3.05) is 33.3 Å². The van der Waals surface area contributed by atoms with E-state index in [-0.39, 0.29) is 5.91 Å². The highest BCUT2D eigenvalue weighted by Gasteiger charge is 2.29. The van der Waals surface area contributed by atoms with Crippen molar-refractivity contribution in [3.8, 4) is 5.75 Å². The number of sulfonamides is 1. The largest absolute Gasteiger partial charge is 0.497 e. The van der Waals surface area contributed by atoms with Gasteiger partial charge in [0.1, 0.15) is 16.5 Å². The van der Waals surface area contributed by atoms with Crippen LogP contribution in [0.4, 0.5) is 4.39 Å². The molecule has 2 aromatic carbocycles. The molecule has 0 unspecified atom stereocenters. The van der Waals surface area contributed by atoms with Crippen LogP contribution in [0.15, 0.2) is 53.4 Å². The number of ether oxygens (including phenoxy) is 1. The molecule has 3 rings (SSSR count). The SMILES string of the molecule is COc1ccc(CN2CCN(C(=O)[C@H](C)NS(=O)(=O)c3ccccc3F)CC2)cc1. The van der Waals surface area contributed by atoms with Gasteiger partial charge in [0, 0.05) is 32.7 Å². The van der Waals surface area contributed by atoms with E-state index >= 15 is 0 Å². The molecule has 162 valence electrons. The summed E-state index contributed by atoms with van der Waals surface area (Å²) in [7, 11) is -2.50. The quantitative estimate of drug-likeness (QED) is 0.718. The van der Waals surface area contributed by atoms with Crippen LogP contribution in [0.3, 0.4) is 0 Å². The first-order chi connectivity index (χ1) is 14.3. The number of nitrogens with zero attached hydrogens (tertiary/aromatic N) is 2. The molecule has 9 heteroatoms. The van der Waals surface area contributed by atoms with Crippen molar-refractivity contribution < 1.29 is 22.3 Å². The normalized spacial score (nSPS) is 16.3. The molecule has 0 aliphatic carbocycles. The van der Waals surface area contributed by atoms with Crippen LogP contribution < -0.4 is 9.46 Å². The second-order valence-electron chi connectivity index (χ2n) is 7.22. The Bertz CT molecular complexity index is 974. The zero-order valence-corrected chi connectivity index (χ0v) is 17.9. The summed E-state index contributed by atoms with van der Waals surface area (Å²) in [5.74, 6) is -0.364. The summed E-state index contributed by atoms with van der Waals surface area (Å²) in [4.78, 5) is 16.1. The zero-order chi connectivity index (χ0) is 21.7. The van der Waals surface area contributed by atoms with Gasteiger partial charge in [-0.2, -0.15) is 4.72 Å². The number of methoxy groups -OCH3 is 1. The van der Waals surface area contributed by atoms with Gasteiger partial charge in [-0.05, 0) is 36.8 Å². The third kappa shape index (κ3) is 5.35. The third-order valence-electron chi connectivity index (χ3n) is 5.08. The van der Waals surface area contributed by atoms with E-state index in [0.717, 1.165) is 23.9 Å². The second kappa shape index (κ2) is 9.55. The molecule has 2 aromatic rings. The monoisotopic (exact) mass is 435 g/mol. The van der Waals surface area contributed by atoms with E-state index < -0.39 is 26.8 Å². The predicted molar refractivity (Wildman–Crippen MR) is 111 cm³/mol. The van der Waals surface area contributed by atoms with Gasteiger partial charge < -0.3 is 9.64 Å². The highest BCUT2D eigenvalue weighted by molar-refractivity contribution is 7.89. The lowest BCUT2D eigenvalue weighted by Crippen LogP contribution is -2.53. The molecule has 0 bridgehead atoms. The Hall–Kier alpha value is -2.49. The fourth-order valence-electron chi connectivity index (χ4n) is 3.40. The number of halogens is 1. The molecule has 0 aromatic heterocycles. The van der Waals surface area contributed by atoms with Gasteiger partial charge in [0.2, 0.25) is 15.9 Å². The van der Waals surface area contributed by atoms with Crippen molar-refractivity contribution in [3.63, 3.8) is 0 Å². The Morgan fingerprint density at radius 3 is 2.33 bits per heavy atom. The first kappa shape index (κ1) is 22.2. The van der Waals surface area contributed by atoms with Crippen LogP contribution in [0.1, 0.15) is 12.5 Å². The Kier molecular flexibility index (Phi) is 7.06. The fraction of sp³-hybridized carbons (Fsp3) is 0.381. The van der Waals surface area contributed by atoms with E-state index in [1.807, 2.05) is 24.3 Å². The van der Waals surface area contributed by atoms with Gasteiger partial charge in [-0.15, -0.1) is 0 Å². The number of benzene rings is 2. The smallest absolute Gasteiger partial charge is 0.244 e. The molecule has 1 amide bonds. The Labute approximate surface area is 176 Å². The van der Waals surface area contributed by atoms with E-state index in [9.17, 15) is 17.6 Å². The molecule has 0 radical (unpaired) electrons. The summed E-state index contributed by atoms with van der Waals surface area (Å²) in [6, 6.07) is 12.0. The molecule has 30 heavy (non-hydrogen) atoms. The molecule has 1 aliphatic heterocycles. The predicted octanol–water partition coefficient (Wildman–Crippen LogP) is 1.85. The number of hydrogen-bond donors (Lipinski definition) is 1. The van der Waals surface area contributed by atoms with Crippen LogP contribution in [-0.4, -0.2) is 63.5 Å². The van der Waals surface area contributed by atoms with Gasteiger partial charge in [0.05, 0.1) is 13.2 Å². The average molecular weight is 436 g/mol. The molecule has 1 saturated heterocycles. The number of carbonyl (C=O) groups excluding carboxylic acids is 1. The molecule has 1 heterocycles. The maximum Gasteiger partial charge on any atom is 0.244 e. The number of carbonyl (C=O) groups is 1. The fourth-order valence-corrected chi connectivity index (χ4v) is 4.67. The highest BCUT2D eigenvalue weighted by Crippen LogP contribution is 2.16. The number of nitrogens with one attached hydrogen (secondary N) is 1. The standard InChI is InChI=1S/C21H26FN3O4S/c1-16(23-30(27,28)20-6-4-3-5-19(20)22)21(26)25-13-11-24(12-14-25)15-17-7-9-18(29-2)10-8-17/h3-10,16,23H,11-15H2,1-2H3/t16-/m0/s1. The average Bonchev–Trinajstić information content (AvgIpc) is 2.74. The highest BCUT2D eigenvalue weighted by atomic mass is 32.2. The Morgan fingerprint density at radius 2 is 1.73 bits per heavy atom. The van der Waals surface area contributed by atoms with E-state index in [1.54, 1.807) is 12.0 Å². The van der Waals surface area contributed by atoms with Crippen molar-refractivity contribution in [1.29, 1.82) is 0 Å². The summed E-state index contributed by atoms with van der Waals surface area (Å²) in [6.07, 6.45) is 0. The summed E-state index contributed by atoms with van der Waals surface area (Å²) in [5, 5.41) is 0. The first-order valence-electron chi connectivity index (χ1n) is 9.71. The van der Waals surface area contributed by atoms with E-state index in [0.29, 0.717) is 26.2 Å². The van der Waals surface area contributed by atoms with Gasteiger partial charge in [-0.25, -0.2) is 12.8 Å². The van der Waals surface area contributed by atoms with Crippen LogP contribution in [0.2, 0.25) is 0 Å². The molecular weight excluding hydrogens is 409 g/mol. The molecule has 1 N–H and O–H groups in total. The summed E-state index contributed by atoms with van der Waals surface area (Å²) in [6.45, 7) is 4.61. The lowest BCUT2D eigenvalue weighted by atomic mass is 10.2. The van der Waals surface area contributed by atoms with E-state index in [2.05, 4.69) is 9.62 Å². The zero-order valence-electron chi connectivity index (χ0n) is 17.0. The third-order valence-corrected chi connectivity index (χ3v) is 6.65. The molecule has 0 spiro atoms. The molecule has 7 nitrogen and oxygen atoms in total. The van der Waals surface area contributed by atoms with Crippen molar-refractivity contribution >= 4 is 15.9 Å². The topological polar surface area (TPSA) is 79.0 Å². The maximum atomic E-state index is 13.8. The maximum absolute atomic E-state index is 13.8. The van der Waals surface area contributed by atoms with Crippen LogP contribution in [0, 0.1) is 5.82 Å². The van der Waals surface area contributed by atoms with Gasteiger partial charge in [-0.1, -0.05) is 24.3 Å². The second-order valence-corrected chi connectivity index (χ2v) is 8.91. The van der Waals surface area contributed by atoms with Gasteiger partial charge >= 0.3 is 0 Å². The molecular formula is C21H26FN3O4S. The van der Waals surface area contributed by atoms with Crippen LogP contribution in [0.5, 0.6) is 5.75 Å².